The number of carbonyl (C=O) groups is 1. The molecule has 1 aromatic rings. The molecule has 4 nitrogen and oxygen atoms in total. The van der Waals surface area contributed by atoms with E-state index in [0.29, 0.717) is 18.3 Å². The topological polar surface area (TPSA) is 55.8 Å². The summed E-state index contributed by atoms with van der Waals surface area (Å²) in [6.45, 7) is 4.43. The van der Waals surface area contributed by atoms with Crippen molar-refractivity contribution in [2.75, 3.05) is 13.4 Å². The van der Waals surface area contributed by atoms with E-state index < -0.39 is 0 Å². The van der Waals surface area contributed by atoms with Gasteiger partial charge in [0.2, 0.25) is 0 Å². The first-order valence-corrected chi connectivity index (χ1v) is 7.88. The molecule has 0 saturated carbocycles. The van der Waals surface area contributed by atoms with E-state index in [4.69, 9.17) is 14.6 Å². The van der Waals surface area contributed by atoms with Crippen molar-refractivity contribution in [2.45, 2.75) is 39.5 Å². The Bertz CT molecular complexity index is 451. The number of esters is 1. The van der Waals surface area contributed by atoms with Gasteiger partial charge in [0.05, 0.1) is 6.61 Å². The molecule has 0 fully saturated rings. The van der Waals surface area contributed by atoms with Crippen LogP contribution in [0, 0.1) is 5.92 Å². The smallest absolute Gasteiger partial charge is 0.330 e. The van der Waals surface area contributed by atoms with Crippen LogP contribution >= 0.6 is 0 Å². The number of hydrogen-bond donors (Lipinski definition) is 1. The van der Waals surface area contributed by atoms with Gasteiger partial charge >= 0.3 is 5.97 Å². The summed E-state index contributed by atoms with van der Waals surface area (Å²) < 4.78 is 10.2. The molecular weight excluding hydrogens is 280 g/mol. The lowest BCUT2D eigenvalue weighted by molar-refractivity contribution is -0.139. The van der Waals surface area contributed by atoms with E-state index in [1.165, 1.54) is 18.9 Å². The van der Waals surface area contributed by atoms with Crippen LogP contribution in [0.1, 0.15) is 45.1 Å². The molecule has 122 valence electrons. The molecule has 0 radical (unpaired) electrons. The van der Waals surface area contributed by atoms with Crippen LogP contribution in [0.4, 0.5) is 0 Å². The second kappa shape index (κ2) is 10.9. The van der Waals surface area contributed by atoms with Crippen molar-refractivity contribution in [2.24, 2.45) is 5.92 Å². The van der Waals surface area contributed by atoms with Crippen LogP contribution in [-0.2, 0) is 9.53 Å². The van der Waals surface area contributed by atoms with E-state index in [0.717, 1.165) is 18.4 Å². The highest BCUT2D eigenvalue weighted by atomic mass is 16.6. The molecule has 0 amide bonds. The Morgan fingerprint density at radius 2 is 2.00 bits per heavy atom. The predicted molar refractivity (Wildman–Crippen MR) is 87.5 cm³/mol. The third kappa shape index (κ3) is 7.27. The number of unbranched alkanes of at least 4 members (excludes halogenated alkanes) is 1. The molecule has 0 aliphatic carbocycles. The Balaban J connectivity index is 2.39. The molecule has 0 bridgehead atoms. The zero-order valence-corrected chi connectivity index (χ0v) is 13.5. The van der Waals surface area contributed by atoms with Gasteiger partial charge in [-0.3, -0.25) is 0 Å². The van der Waals surface area contributed by atoms with E-state index in [2.05, 4.69) is 13.8 Å². The van der Waals surface area contributed by atoms with Crippen molar-refractivity contribution in [1.82, 2.24) is 0 Å². The molecular formula is C18H26O4. The Morgan fingerprint density at radius 3 is 2.59 bits per heavy atom. The molecule has 0 aromatic heterocycles. The normalized spacial score (nSPS) is 12.3. The fourth-order valence-electron chi connectivity index (χ4n) is 2.06. The maximum atomic E-state index is 11.7. The van der Waals surface area contributed by atoms with Crippen molar-refractivity contribution in [3.05, 3.63) is 35.9 Å². The first kappa shape index (κ1) is 18.2. The average molecular weight is 306 g/mol. The summed E-state index contributed by atoms with van der Waals surface area (Å²) in [6.07, 6.45) is 7.63. The van der Waals surface area contributed by atoms with Crippen LogP contribution in [0.15, 0.2) is 30.3 Å². The number of rotatable bonds is 10. The Morgan fingerprint density at radius 1 is 1.27 bits per heavy atom. The summed E-state index contributed by atoms with van der Waals surface area (Å²) in [5.74, 6) is 0.724. The average Bonchev–Trinajstić information content (AvgIpc) is 2.54. The summed E-state index contributed by atoms with van der Waals surface area (Å²) in [7, 11) is 0. The Hall–Kier alpha value is -1.81. The molecule has 0 aliphatic heterocycles. The quantitative estimate of drug-likeness (QED) is 0.406. The van der Waals surface area contributed by atoms with Gasteiger partial charge in [0.1, 0.15) is 5.75 Å². The predicted octanol–water partition coefficient (Wildman–Crippen LogP) is 3.79. The van der Waals surface area contributed by atoms with Crippen molar-refractivity contribution in [1.29, 1.82) is 0 Å². The second-order valence-corrected chi connectivity index (χ2v) is 5.22. The van der Waals surface area contributed by atoms with Crippen LogP contribution in [0.25, 0.3) is 6.08 Å². The highest BCUT2D eigenvalue weighted by Crippen LogP contribution is 2.14. The molecule has 1 N–H and O–H groups in total. The molecule has 1 unspecified atom stereocenters. The van der Waals surface area contributed by atoms with Gasteiger partial charge in [-0.25, -0.2) is 4.79 Å². The SMILES string of the molecule is CCCCC(CC)COC(=O)/C=C/c1ccc(OCO)cc1. The van der Waals surface area contributed by atoms with Gasteiger partial charge < -0.3 is 14.6 Å². The van der Waals surface area contributed by atoms with Crippen LogP contribution in [0.2, 0.25) is 0 Å². The van der Waals surface area contributed by atoms with Crippen LogP contribution in [0.3, 0.4) is 0 Å². The van der Waals surface area contributed by atoms with E-state index in [1.54, 1.807) is 18.2 Å². The highest BCUT2D eigenvalue weighted by molar-refractivity contribution is 5.87. The molecule has 1 rings (SSSR count). The lowest BCUT2D eigenvalue weighted by atomic mass is 10.0. The first-order valence-electron chi connectivity index (χ1n) is 7.88. The lowest BCUT2D eigenvalue weighted by Crippen LogP contribution is -2.12. The lowest BCUT2D eigenvalue weighted by Gasteiger charge is -2.13. The minimum absolute atomic E-state index is 0.314. The number of aliphatic hydroxyl groups excluding tert-OH is 1. The maximum Gasteiger partial charge on any atom is 0.330 e. The van der Waals surface area contributed by atoms with Crippen LogP contribution in [0.5, 0.6) is 5.75 Å². The number of benzene rings is 1. The molecule has 1 aromatic carbocycles. The minimum atomic E-state index is -0.349. The van der Waals surface area contributed by atoms with Gasteiger partial charge in [0.15, 0.2) is 6.79 Å². The van der Waals surface area contributed by atoms with Gasteiger partial charge in [0.25, 0.3) is 0 Å². The largest absolute Gasteiger partial charge is 0.468 e. The third-order valence-corrected chi connectivity index (χ3v) is 3.53. The summed E-state index contributed by atoms with van der Waals surface area (Å²) >= 11 is 0. The number of carbonyl (C=O) groups excluding carboxylic acids is 1. The Labute approximate surface area is 132 Å². The zero-order chi connectivity index (χ0) is 16.2. The van der Waals surface area contributed by atoms with Crippen molar-refractivity contribution >= 4 is 12.0 Å². The minimum Gasteiger partial charge on any atom is -0.468 e. The standard InChI is InChI=1S/C18H26O4/c1-3-5-6-15(4-2)13-21-18(20)12-9-16-7-10-17(11-8-16)22-14-19/h7-12,15,19H,3-6,13-14H2,1-2H3/b12-9+. The fourth-order valence-corrected chi connectivity index (χ4v) is 2.06. The summed E-state index contributed by atoms with van der Waals surface area (Å²) in [6, 6.07) is 7.09. The molecule has 1 atom stereocenters. The molecule has 4 heteroatoms. The summed E-state index contributed by atoms with van der Waals surface area (Å²) in [5, 5.41) is 8.65. The molecule has 0 heterocycles. The third-order valence-electron chi connectivity index (χ3n) is 3.53. The van der Waals surface area contributed by atoms with Gasteiger partial charge in [-0.1, -0.05) is 45.2 Å². The van der Waals surface area contributed by atoms with E-state index >= 15 is 0 Å². The molecule has 0 saturated heterocycles. The second-order valence-electron chi connectivity index (χ2n) is 5.22. The number of aliphatic hydroxyl groups is 1. The number of hydrogen-bond acceptors (Lipinski definition) is 4. The van der Waals surface area contributed by atoms with Crippen molar-refractivity contribution in [3.8, 4) is 5.75 Å². The van der Waals surface area contributed by atoms with Crippen molar-refractivity contribution in [3.63, 3.8) is 0 Å². The van der Waals surface area contributed by atoms with Crippen LogP contribution < -0.4 is 4.74 Å². The maximum absolute atomic E-state index is 11.7. The molecule has 0 aliphatic rings. The summed E-state index contributed by atoms with van der Waals surface area (Å²) in [5.41, 5.74) is 0.875. The number of ether oxygens (including phenoxy) is 2. The fraction of sp³-hybridized carbons (Fsp3) is 0.500. The molecule has 0 spiro atoms. The summed E-state index contributed by atoms with van der Waals surface area (Å²) in [4.78, 5) is 11.7. The monoisotopic (exact) mass is 306 g/mol. The zero-order valence-electron chi connectivity index (χ0n) is 13.5. The van der Waals surface area contributed by atoms with E-state index in [-0.39, 0.29) is 12.8 Å². The van der Waals surface area contributed by atoms with Gasteiger partial charge in [-0.05, 0) is 36.1 Å². The van der Waals surface area contributed by atoms with Crippen LogP contribution in [-0.4, -0.2) is 24.5 Å². The van der Waals surface area contributed by atoms with E-state index in [1.807, 2.05) is 12.1 Å². The van der Waals surface area contributed by atoms with Gasteiger partial charge in [-0.2, -0.15) is 0 Å². The highest BCUT2D eigenvalue weighted by Gasteiger charge is 2.08. The van der Waals surface area contributed by atoms with Gasteiger partial charge in [-0.15, -0.1) is 0 Å². The van der Waals surface area contributed by atoms with Gasteiger partial charge in [0, 0.05) is 6.08 Å². The van der Waals surface area contributed by atoms with E-state index in [9.17, 15) is 4.79 Å². The van der Waals surface area contributed by atoms with Crippen molar-refractivity contribution < 1.29 is 19.4 Å². The Kier molecular flexibility index (Phi) is 9.00. The first-order chi connectivity index (χ1) is 10.7. The molecule has 22 heavy (non-hydrogen) atoms.